The number of nitrogens with zero attached hydrogens (tertiary/aromatic N) is 1. The molecule has 0 fully saturated rings. The molecule has 2 aromatic heterocycles. The van der Waals surface area contributed by atoms with Crippen molar-refractivity contribution < 1.29 is 19.0 Å². The zero-order chi connectivity index (χ0) is 19.4. The number of carbonyl (C=O) groups is 1. The van der Waals surface area contributed by atoms with Crippen LogP contribution in [0.5, 0.6) is 11.5 Å². The molecule has 0 aliphatic heterocycles. The van der Waals surface area contributed by atoms with Gasteiger partial charge in [-0.15, -0.1) is 11.3 Å². The average molecular weight is 388 g/mol. The summed E-state index contributed by atoms with van der Waals surface area (Å²) in [4.78, 5) is 32.9. The van der Waals surface area contributed by atoms with Gasteiger partial charge in [-0.25, -0.2) is 4.98 Å². The van der Waals surface area contributed by atoms with Crippen LogP contribution in [-0.4, -0.2) is 29.7 Å². The fourth-order valence-electron chi connectivity index (χ4n) is 2.57. The lowest BCUT2D eigenvalue weighted by molar-refractivity contribution is -0.145. The Hall–Kier alpha value is -2.87. The summed E-state index contributed by atoms with van der Waals surface area (Å²) in [5, 5.41) is 0.595. The summed E-state index contributed by atoms with van der Waals surface area (Å²) in [6.45, 7) is 3.91. The Morgan fingerprint density at radius 1 is 1.22 bits per heavy atom. The number of aromatic amines is 1. The lowest BCUT2D eigenvalue weighted by atomic mass is 10.2. The van der Waals surface area contributed by atoms with Crippen molar-refractivity contribution in [3.63, 3.8) is 0 Å². The zero-order valence-electron chi connectivity index (χ0n) is 15.3. The number of fused-ring (bicyclic) bond motifs is 1. The molecule has 0 unspecified atom stereocenters. The molecule has 7 nitrogen and oxygen atoms in total. The van der Waals surface area contributed by atoms with Crippen LogP contribution in [0.1, 0.15) is 22.7 Å². The molecule has 0 spiro atoms. The number of hydrogen-bond acceptors (Lipinski definition) is 7. The van der Waals surface area contributed by atoms with Crippen molar-refractivity contribution in [2.75, 3.05) is 13.7 Å². The first-order chi connectivity index (χ1) is 13.0. The number of thiophene rings is 1. The van der Waals surface area contributed by atoms with Gasteiger partial charge in [0.15, 0.2) is 11.5 Å². The lowest BCUT2D eigenvalue weighted by Gasteiger charge is -2.10. The van der Waals surface area contributed by atoms with E-state index in [1.165, 1.54) is 11.3 Å². The second-order valence-corrected chi connectivity index (χ2v) is 7.09. The molecule has 3 aromatic rings. The largest absolute Gasteiger partial charge is 0.493 e. The van der Waals surface area contributed by atoms with Crippen LogP contribution in [-0.2, 0) is 16.1 Å². The lowest BCUT2D eigenvalue weighted by Crippen LogP contribution is -2.15. The molecular weight excluding hydrogens is 368 g/mol. The Labute approximate surface area is 159 Å². The highest BCUT2D eigenvalue weighted by molar-refractivity contribution is 7.18. The van der Waals surface area contributed by atoms with Crippen LogP contribution >= 0.6 is 11.3 Å². The highest BCUT2D eigenvalue weighted by Crippen LogP contribution is 2.26. The molecule has 0 aliphatic rings. The minimum Gasteiger partial charge on any atom is -0.493 e. The first kappa shape index (κ1) is 18.9. The number of methoxy groups -OCH3 is 1. The number of benzene rings is 1. The third-order valence-electron chi connectivity index (χ3n) is 4.09. The molecular formula is C19H20N2O5S. The van der Waals surface area contributed by atoms with Crippen molar-refractivity contribution in [1.29, 1.82) is 0 Å². The van der Waals surface area contributed by atoms with E-state index in [1.807, 2.05) is 26.0 Å². The quantitative estimate of drug-likeness (QED) is 0.626. The highest BCUT2D eigenvalue weighted by atomic mass is 32.1. The highest BCUT2D eigenvalue weighted by Gasteiger charge is 2.13. The fourth-order valence-corrected chi connectivity index (χ4v) is 3.62. The molecule has 0 atom stereocenters. The van der Waals surface area contributed by atoms with Crippen molar-refractivity contribution in [2.24, 2.45) is 0 Å². The van der Waals surface area contributed by atoms with Crippen molar-refractivity contribution in [3.05, 3.63) is 50.9 Å². The third kappa shape index (κ3) is 4.28. The molecule has 1 aromatic carbocycles. The Morgan fingerprint density at radius 3 is 2.70 bits per heavy atom. The Kier molecular flexibility index (Phi) is 5.75. The first-order valence-corrected chi connectivity index (χ1v) is 9.21. The smallest absolute Gasteiger partial charge is 0.309 e. The Balaban J connectivity index is 1.55. The monoisotopic (exact) mass is 388 g/mol. The van der Waals surface area contributed by atoms with Gasteiger partial charge in [-0.2, -0.15) is 0 Å². The van der Waals surface area contributed by atoms with Crippen LogP contribution in [0.4, 0.5) is 0 Å². The van der Waals surface area contributed by atoms with E-state index in [0.717, 1.165) is 10.4 Å². The SMILES string of the molecule is COc1ccccc1OCCC(=O)OCc1nc2sc(C)c(C)c2c(=O)[nH]1. The van der Waals surface area contributed by atoms with Crippen molar-refractivity contribution in [3.8, 4) is 11.5 Å². The summed E-state index contributed by atoms with van der Waals surface area (Å²) in [7, 11) is 1.55. The maximum atomic E-state index is 12.2. The van der Waals surface area contributed by atoms with E-state index < -0.39 is 5.97 Å². The second kappa shape index (κ2) is 8.22. The van der Waals surface area contributed by atoms with E-state index in [-0.39, 0.29) is 25.2 Å². The summed E-state index contributed by atoms with van der Waals surface area (Å²) >= 11 is 1.45. The number of hydrogen-bond donors (Lipinski definition) is 1. The van der Waals surface area contributed by atoms with Crippen LogP contribution in [0.3, 0.4) is 0 Å². The van der Waals surface area contributed by atoms with Gasteiger partial charge in [0.05, 0.1) is 25.5 Å². The Bertz CT molecular complexity index is 1020. The van der Waals surface area contributed by atoms with Crippen LogP contribution in [0, 0.1) is 13.8 Å². The maximum absolute atomic E-state index is 12.2. The minimum atomic E-state index is -0.439. The summed E-state index contributed by atoms with van der Waals surface area (Å²) in [6.07, 6.45) is 0.0712. The molecule has 142 valence electrons. The number of para-hydroxylation sites is 2. The molecule has 0 aliphatic carbocycles. The van der Waals surface area contributed by atoms with Gasteiger partial charge in [0.1, 0.15) is 17.3 Å². The van der Waals surface area contributed by atoms with E-state index in [2.05, 4.69) is 9.97 Å². The van der Waals surface area contributed by atoms with E-state index >= 15 is 0 Å². The first-order valence-electron chi connectivity index (χ1n) is 8.40. The maximum Gasteiger partial charge on any atom is 0.309 e. The molecule has 1 N–H and O–H groups in total. The van der Waals surface area contributed by atoms with Gasteiger partial charge in [-0.05, 0) is 31.5 Å². The van der Waals surface area contributed by atoms with Crippen molar-refractivity contribution in [2.45, 2.75) is 26.9 Å². The zero-order valence-corrected chi connectivity index (χ0v) is 16.1. The molecule has 27 heavy (non-hydrogen) atoms. The standard InChI is InChI=1S/C19H20N2O5S/c1-11-12(2)27-19-17(11)18(23)20-15(21-19)10-26-16(22)8-9-25-14-7-5-4-6-13(14)24-3/h4-7H,8-10H2,1-3H3,(H,20,21,23). The van der Waals surface area contributed by atoms with Crippen molar-refractivity contribution >= 4 is 27.5 Å². The number of esters is 1. The van der Waals surface area contributed by atoms with Gasteiger partial charge in [0.25, 0.3) is 5.56 Å². The van der Waals surface area contributed by atoms with E-state index in [0.29, 0.717) is 27.5 Å². The topological polar surface area (TPSA) is 90.5 Å². The van der Waals surface area contributed by atoms with Crippen LogP contribution in [0.2, 0.25) is 0 Å². The third-order valence-corrected chi connectivity index (χ3v) is 5.19. The van der Waals surface area contributed by atoms with Crippen molar-refractivity contribution in [1.82, 2.24) is 9.97 Å². The molecule has 0 saturated carbocycles. The van der Waals surface area contributed by atoms with Gasteiger partial charge >= 0.3 is 5.97 Å². The summed E-state index contributed by atoms with van der Waals surface area (Å²) in [5.74, 6) is 1.05. The predicted octanol–water partition coefficient (Wildman–Crippen LogP) is 3.12. The number of carbonyl (C=O) groups excluding carboxylic acids is 1. The van der Waals surface area contributed by atoms with Gasteiger partial charge in [0.2, 0.25) is 0 Å². The van der Waals surface area contributed by atoms with Crippen LogP contribution < -0.4 is 15.0 Å². The normalized spacial score (nSPS) is 10.8. The summed E-state index contributed by atoms with van der Waals surface area (Å²) in [6, 6.07) is 7.20. The van der Waals surface area contributed by atoms with Gasteiger partial charge in [-0.3, -0.25) is 9.59 Å². The molecule has 3 rings (SSSR count). The number of nitrogens with one attached hydrogen (secondary N) is 1. The second-order valence-electron chi connectivity index (χ2n) is 5.89. The molecule has 0 saturated heterocycles. The number of aryl methyl sites for hydroxylation is 2. The summed E-state index contributed by atoms with van der Waals surface area (Å²) in [5.41, 5.74) is 0.716. The molecule has 0 radical (unpaired) electrons. The van der Waals surface area contributed by atoms with Crippen LogP contribution in [0.15, 0.2) is 29.1 Å². The van der Waals surface area contributed by atoms with Gasteiger partial charge in [0, 0.05) is 4.88 Å². The fraction of sp³-hybridized carbons (Fsp3) is 0.316. The Morgan fingerprint density at radius 2 is 1.96 bits per heavy atom. The van der Waals surface area contributed by atoms with E-state index in [9.17, 15) is 9.59 Å². The molecule has 0 amide bonds. The van der Waals surface area contributed by atoms with Gasteiger partial charge in [-0.1, -0.05) is 12.1 Å². The predicted molar refractivity (Wildman–Crippen MR) is 103 cm³/mol. The molecule has 0 bridgehead atoms. The number of rotatable bonds is 7. The molecule has 2 heterocycles. The minimum absolute atomic E-state index is 0.0712. The number of H-pyrrole nitrogens is 1. The number of aromatic nitrogens is 2. The van der Waals surface area contributed by atoms with Gasteiger partial charge < -0.3 is 19.2 Å². The number of ether oxygens (including phenoxy) is 3. The average Bonchev–Trinajstić information content (AvgIpc) is 2.94. The van der Waals surface area contributed by atoms with E-state index in [1.54, 1.807) is 19.2 Å². The summed E-state index contributed by atoms with van der Waals surface area (Å²) < 4.78 is 15.9. The van der Waals surface area contributed by atoms with E-state index in [4.69, 9.17) is 14.2 Å². The molecule has 8 heteroatoms. The van der Waals surface area contributed by atoms with Crippen LogP contribution in [0.25, 0.3) is 10.2 Å².